The topological polar surface area (TPSA) is 78.9 Å². The predicted octanol–water partition coefficient (Wildman–Crippen LogP) is 2.65. The SMILES string of the molecule is CC=C(C(=O)OC)c1ccccc1COC(=O)C1(C(=O)OCC)CC1. The second-order valence-corrected chi connectivity index (χ2v) is 5.73. The quantitative estimate of drug-likeness (QED) is 0.327. The maximum Gasteiger partial charge on any atom is 0.338 e. The molecule has 0 aromatic heterocycles. The molecule has 0 saturated heterocycles. The van der Waals surface area contributed by atoms with Gasteiger partial charge in [-0.25, -0.2) is 4.79 Å². The molecule has 1 aliphatic rings. The van der Waals surface area contributed by atoms with Crippen LogP contribution in [0.3, 0.4) is 0 Å². The van der Waals surface area contributed by atoms with E-state index in [4.69, 9.17) is 14.2 Å². The van der Waals surface area contributed by atoms with Crippen molar-refractivity contribution in [1.82, 2.24) is 0 Å². The molecule has 134 valence electrons. The fraction of sp³-hybridized carbons (Fsp3) is 0.421. The molecule has 1 aliphatic carbocycles. The lowest BCUT2D eigenvalue weighted by Crippen LogP contribution is -2.29. The van der Waals surface area contributed by atoms with Crippen LogP contribution < -0.4 is 0 Å². The minimum Gasteiger partial charge on any atom is -0.465 e. The summed E-state index contributed by atoms with van der Waals surface area (Å²) in [7, 11) is 1.31. The van der Waals surface area contributed by atoms with Gasteiger partial charge in [0.2, 0.25) is 0 Å². The van der Waals surface area contributed by atoms with Crippen LogP contribution in [-0.2, 0) is 35.2 Å². The first-order chi connectivity index (χ1) is 12.0. The molecule has 0 aliphatic heterocycles. The largest absolute Gasteiger partial charge is 0.465 e. The minimum absolute atomic E-state index is 0.0372. The highest BCUT2D eigenvalue weighted by Gasteiger charge is 2.59. The van der Waals surface area contributed by atoms with Crippen LogP contribution in [0.5, 0.6) is 0 Å². The van der Waals surface area contributed by atoms with Crippen molar-refractivity contribution in [2.24, 2.45) is 5.41 Å². The van der Waals surface area contributed by atoms with Crippen LogP contribution in [-0.4, -0.2) is 31.6 Å². The molecule has 0 heterocycles. The fourth-order valence-electron chi connectivity index (χ4n) is 2.57. The van der Waals surface area contributed by atoms with Gasteiger partial charge in [-0.15, -0.1) is 0 Å². The maximum absolute atomic E-state index is 12.3. The van der Waals surface area contributed by atoms with E-state index in [1.165, 1.54) is 7.11 Å². The zero-order valence-corrected chi connectivity index (χ0v) is 14.7. The number of carbonyl (C=O) groups is 3. The molecule has 0 unspecified atom stereocenters. The summed E-state index contributed by atoms with van der Waals surface area (Å²) in [4.78, 5) is 36.2. The molecular weight excluding hydrogens is 324 g/mol. The second kappa shape index (κ2) is 7.96. The van der Waals surface area contributed by atoms with E-state index < -0.39 is 23.3 Å². The first-order valence-electron chi connectivity index (χ1n) is 8.17. The molecular formula is C19H22O6. The number of allylic oxidation sites excluding steroid dienone is 1. The van der Waals surface area contributed by atoms with Crippen molar-refractivity contribution in [3.8, 4) is 0 Å². The number of hydrogen-bond acceptors (Lipinski definition) is 6. The summed E-state index contributed by atoms with van der Waals surface area (Å²) < 4.78 is 15.1. The maximum atomic E-state index is 12.3. The Labute approximate surface area is 146 Å². The smallest absolute Gasteiger partial charge is 0.338 e. The standard InChI is InChI=1S/C19H22O6/c1-4-14(16(20)23-3)15-9-7-6-8-13(15)12-25-18(22)19(10-11-19)17(21)24-5-2/h4,6-9H,5,10-12H2,1-3H3. The average Bonchev–Trinajstić information content (AvgIpc) is 3.43. The third-order valence-electron chi connectivity index (χ3n) is 4.17. The summed E-state index contributed by atoms with van der Waals surface area (Å²) in [6, 6.07) is 7.09. The Morgan fingerprint density at radius 3 is 2.32 bits per heavy atom. The van der Waals surface area contributed by atoms with Crippen LogP contribution in [0.15, 0.2) is 30.3 Å². The highest BCUT2D eigenvalue weighted by Crippen LogP contribution is 2.48. The van der Waals surface area contributed by atoms with Gasteiger partial charge in [0, 0.05) is 0 Å². The summed E-state index contributed by atoms with van der Waals surface area (Å²) in [6.45, 7) is 3.61. The van der Waals surface area contributed by atoms with E-state index in [1.807, 2.05) is 0 Å². The third-order valence-corrected chi connectivity index (χ3v) is 4.17. The van der Waals surface area contributed by atoms with E-state index in [0.29, 0.717) is 29.5 Å². The third kappa shape index (κ3) is 3.90. The van der Waals surface area contributed by atoms with Crippen molar-refractivity contribution < 1.29 is 28.6 Å². The predicted molar refractivity (Wildman–Crippen MR) is 90.2 cm³/mol. The molecule has 1 saturated carbocycles. The molecule has 25 heavy (non-hydrogen) atoms. The number of rotatable bonds is 7. The Kier molecular flexibility index (Phi) is 5.96. The molecule has 1 aromatic carbocycles. The van der Waals surface area contributed by atoms with Crippen LogP contribution in [0.25, 0.3) is 5.57 Å². The normalized spacial score (nSPS) is 15.2. The van der Waals surface area contributed by atoms with Gasteiger partial charge in [0.15, 0.2) is 5.41 Å². The number of hydrogen-bond donors (Lipinski definition) is 0. The Balaban J connectivity index is 2.13. The van der Waals surface area contributed by atoms with Crippen molar-refractivity contribution in [1.29, 1.82) is 0 Å². The van der Waals surface area contributed by atoms with E-state index in [1.54, 1.807) is 44.2 Å². The van der Waals surface area contributed by atoms with Crippen LogP contribution in [0.2, 0.25) is 0 Å². The Hall–Kier alpha value is -2.63. The highest BCUT2D eigenvalue weighted by molar-refractivity contribution is 6.16. The van der Waals surface area contributed by atoms with Gasteiger partial charge in [0.25, 0.3) is 0 Å². The summed E-state index contributed by atoms with van der Waals surface area (Å²) >= 11 is 0. The van der Waals surface area contributed by atoms with Gasteiger partial charge in [0.1, 0.15) is 6.61 Å². The number of esters is 3. The van der Waals surface area contributed by atoms with Gasteiger partial charge in [-0.1, -0.05) is 30.3 Å². The van der Waals surface area contributed by atoms with Crippen LogP contribution in [0.4, 0.5) is 0 Å². The van der Waals surface area contributed by atoms with Crippen molar-refractivity contribution in [2.75, 3.05) is 13.7 Å². The van der Waals surface area contributed by atoms with E-state index in [-0.39, 0.29) is 13.2 Å². The fourth-order valence-corrected chi connectivity index (χ4v) is 2.57. The van der Waals surface area contributed by atoms with Gasteiger partial charge in [0.05, 0.1) is 19.3 Å². The molecule has 0 N–H and O–H groups in total. The lowest BCUT2D eigenvalue weighted by molar-refractivity contribution is -0.165. The molecule has 0 spiro atoms. The molecule has 2 rings (SSSR count). The zero-order valence-electron chi connectivity index (χ0n) is 14.7. The molecule has 6 nitrogen and oxygen atoms in total. The summed E-state index contributed by atoms with van der Waals surface area (Å²) in [5.41, 5.74) is 0.525. The van der Waals surface area contributed by atoms with Gasteiger partial charge in [-0.3, -0.25) is 9.59 Å². The number of carbonyl (C=O) groups excluding carboxylic acids is 3. The molecule has 0 radical (unpaired) electrons. The summed E-state index contributed by atoms with van der Waals surface area (Å²) in [5.74, 6) is -1.58. The zero-order chi connectivity index (χ0) is 18.4. The summed E-state index contributed by atoms with van der Waals surface area (Å²) in [5, 5.41) is 0. The minimum atomic E-state index is -1.16. The average molecular weight is 346 g/mol. The van der Waals surface area contributed by atoms with Crippen LogP contribution in [0, 0.1) is 5.41 Å². The van der Waals surface area contributed by atoms with Gasteiger partial charge >= 0.3 is 17.9 Å². The summed E-state index contributed by atoms with van der Waals surface area (Å²) in [6.07, 6.45) is 2.52. The Morgan fingerprint density at radius 1 is 1.12 bits per heavy atom. The second-order valence-electron chi connectivity index (χ2n) is 5.73. The molecule has 0 bridgehead atoms. The Bertz CT molecular complexity index is 700. The number of benzene rings is 1. The highest BCUT2D eigenvalue weighted by atomic mass is 16.6. The lowest BCUT2D eigenvalue weighted by atomic mass is 10.00. The van der Waals surface area contributed by atoms with Crippen LogP contribution in [0.1, 0.15) is 37.8 Å². The van der Waals surface area contributed by atoms with Gasteiger partial charge < -0.3 is 14.2 Å². The molecule has 1 fully saturated rings. The molecule has 0 amide bonds. The van der Waals surface area contributed by atoms with Crippen molar-refractivity contribution in [2.45, 2.75) is 33.3 Å². The monoisotopic (exact) mass is 346 g/mol. The van der Waals surface area contributed by atoms with Gasteiger partial charge in [-0.05, 0) is 37.8 Å². The van der Waals surface area contributed by atoms with E-state index in [9.17, 15) is 14.4 Å². The van der Waals surface area contributed by atoms with Crippen molar-refractivity contribution >= 4 is 23.5 Å². The first kappa shape index (κ1) is 18.7. The lowest BCUT2D eigenvalue weighted by Gasteiger charge is -2.15. The first-order valence-corrected chi connectivity index (χ1v) is 8.17. The Morgan fingerprint density at radius 2 is 1.76 bits per heavy atom. The van der Waals surface area contributed by atoms with E-state index >= 15 is 0 Å². The molecule has 6 heteroatoms. The van der Waals surface area contributed by atoms with Crippen LogP contribution >= 0.6 is 0 Å². The van der Waals surface area contributed by atoms with Crippen molar-refractivity contribution in [3.05, 3.63) is 41.5 Å². The molecule has 1 aromatic rings. The molecule has 0 atom stereocenters. The van der Waals surface area contributed by atoms with E-state index in [0.717, 1.165) is 0 Å². The van der Waals surface area contributed by atoms with Crippen molar-refractivity contribution in [3.63, 3.8) is 0 Å². The number of methoxy groups -OCH3 is 1. The van der Waals surface area contributed by atoms with E-state index in [2.05, 4.69) is 0 Å². The number of ether oxygens (including phenoxy) is 3. The van der Waals surface area contributed by atoms with Gasteiger partial charge in [-0.2, -0.15) is 0 Å².